The van der Waals surface area contributed by atoms with Crippen LogP contribution in [0.15, 0.2) is 18.2 Å². The number of halogens is 2. The predicted molar refractivity (Wildman–Crippen MR) is 90.0 cm³/mol. The molecule has 2 unspecified atom stereocenters. The van der Waals surface area contributed by atoms with Crippen LogP contribution in [-0.2, 0) is 4.74 Å². The molecule has 1 aromatic carbocycles. The summed E-state index contributed by atoms with van der Waals surface area (Å²) in [5.41, 5.74) is 5.81. The van der Waals surface area contributed by atoms with Crippen molar-refractivity contribution in [3.8, 4) is 5.75 Å². The number of piperidine rings is 1. The molecule has 0 saturated carbocycles. The number of nitrogens with two attached hydrogens (primary N) is 1. The van der Waals surface area contributed by atoms with Crippen LogP contribution in [0.2, 0.25) is 0 Å². The zero-order chi connectivity index (χ0) is 19.3. The maximum absolute atomic E-state index is 12.8. The van der Waals surface area contributed by atoms with E-state index in [0.29, 0.717) is 18.8 Å². The summed E-state index contributed by atoms with van der Waals surface area (Å²) in [6.07, 6.45) is 0.562. The zero-order valence-corrected chi connectivity index (χ0v) is 14.5. The minimum atomic E-state index is -4.05. The van der Waals surface area contributed by atoms with E-state index in [9.17, 15) is 13.6 Å². The first-order chi connectivity index (χ1) is 11.9. The van der Waals surface area contributed by atoms with Crippen LogP contribution in [0.1, 0.15) is 28.6 Å². The molecular formula is C17H23F2N3O3. The van der Waals surface area contributed by atoms with Gasteiger partial charge in [-0.25, -0.2) is 4.79 Å². The third-order valence-corrected chi connectivity index (χ3v) is 4.35. The summed E-state index contributed by atoms with van der Waals surface area (Å²) in [7, 11) is 0. The van der Waals surface area contributed by atoms with Gasteiger partial charge in [0.15, 0.2) is 7.12 Å². The van der Waals surface area contributed by atoms with E-state index in [4.69, 9.17) is 11.8 Å². The summed E-state index contributed by atoms with van der Waals surface area (Å²) in [4.78, 5) is 16.0. The molecule has 25 heavy (non-hydrogen) atoms. The third kappa shape index (κ3) is 3.72. The number of rotatable bonds is 3. The fourth-order valence-corrected chi connectivity index (χ4v) is 3.32. The summed E-state index contributed by atoms with van der Waals surface area (Å²) >= 11 is 0. The molecule has 3 aliphatic heterocycles. The number of amides is 1. The molecule has 3 heterocycles. The number of hydrogen-bond donors (Lipinski definition) is 1. The SMILES string of the molecule is [2H]C(F)(F)Oc1cc(N2CC3CC(C2)N3C(=O)OC(C)(C)C)ccc1N. The quantitative estimate of drug-likeness (QED) is 0.843. The van der Waals surface area contributed by atoms with Crippen molar-refractivity contribution in [2.24, 2.45) is 0 Å². The number of hydrogen-bond acceptors (Lipinski definition) is 5. The highest BCUT2D eigenvalue weighted by atomic mass is 19.3. The zero-order valence-electron chi connectivity index (χ0n) is 15.5. The van der Waals surface area contributed by atoms with Gasteiger partial charge in [0.25, 0.3) is 0 Å². The van der Waals surface area contributed by atoms with Crippen LogP contribution >= 0.6 is 0 Å². The molecule has 6 nitrogen and oxygen atoms in total. The molecule has 8 heteroatoms. The van der Waals surface area contributed by atoms with Crippen LogP contribution in [-0.4, -0.2) is 48.4 Å². The van der Waals surface area contributed by atoms with Gasteiger partial charge in [-0.2, -0.15) is 8.78 Å². The van der Waals surface area contributed by atoms with Crippen molar-refractivity contribution in [2.45, 2.75) is 51.5 Å². The number of nitrogen functional groups attached to an aromatic ring is 1. The van der Waals surface area contributed by atoms with Gasteiger partial charge < -0.3 is 20.1 Å². The molecule has 3 fully saturated rings. The summed E-state index contributed by atoms with van der Waals surface area (Å²) in [6.45, 7) is 2.55. The Morgan fingerprint density at radius 1 is 1.36 bits per heavy atom. The van der Waals surface area contributed by atoms with Gasteiger partial charge in [0.1, 0.15) is 5.60 Å². The number of ether oxygens (including phenoxy) is 2. The molecule has 2 N–H and O–H groups in total. The van der Waals surface area contributed by atoms with Crippen molar-refractivity contribution in [3.05, 3.63) is 18.2 Å². The van der Waals surface area contributed by atoms with Crippen LogP contribution < -0.4 is 15.4 Å². The van der Waals surface area contributed by atoms with Gasteiger partial charge in [-0.1, -0.05) is 0 Å². The molecular weight excluding hydrogens is 332 g/mol. The minimum absolute atomic E-state index is 0.0168. The molecule has 0 radical (unpaired) electrons. The van der Waals surface area contributed by atoms with E-state index >= 15 is 0 Å². The first-order valence-corrected chi connectivity index (χ1v) is 8.15. The van der Waals surface area contributed by atoms with Crippen molar-refractivity contribution in [1.29, 1.82) is 0 Å². The highest BCUT2D eigenvalue weighted by Crippen LogP contribution is 2.37. The van der Waals surface area contributed by atoms with Crippen LogP contribution in [0.3, 0.4) is 0 Å². The first kappa shape index (κ1) is 16.2. The summed E-state index contributed by atoms with van der Waals surface area (Å²) in [5.74, 6) is -0.231. The van der Waals surface area contributed by atoms with Crippen molar-refractivity contribution < 1.29 is 24.4 Å². The van der Waals surface area contributed by atoms with Gasteiger partial charge >= 0.3 is 12.7 Å². The third-order valence-electron chi connectivity index (χ3n) is 4.35. The van der Waals surface area contributed by atoms with Crippen molar-refractivity contribution in [2.75, 3.05) is 23.7 Å². The van der Waals surface area contributed by atoms with Gasteiger partial charge in [-0.15, -0.1) is 0 Å². The van der Waals surface area contributed by atoms with Gasteiger partial charge in [0.05, 0.1) is 17.8 Å². The van der Waals surface area contributed by atoms with Gasteiger partial charge in [-0.05, 0) is 39.3 Å². The van der Waals surface area contributed by atoms with Crippen molar-refractivity contribution >= 4 is 17.5 Å². The second kappa shape index (κ2) is 6.24. The van der Waals surface area contributed by atoms with Crippen LogP contribution in [0.25, 0.3) is 0 Å². The van der Waals surface area contributed by atoms with E-state index in [1.165, 1.54) is 12.1 Å². The van der Waals surface area contributed by atoms with Crippen LogP contribution in [0.4, 0.5) is 25.0 Å². The van der Waals surface area contributed by atoms with E-state index in [1.807, 2.05) is 25.7 Å². The topological polar surface area (TPSA) is 68.0 Å². The fraction of sp³-hybridized carbons (Fsp3) is 0.588. The second-order valence-corrected chi connectivity index (χ2v) is 7.39. The molecule has 1 aromatic rings. The van der Waals surface area contributed by atoms with Gasteiger partial charge in [0, 0.05) is 24.8 Å². The average Bonchev–Trinajstić information content (AvgIpc) is 2.46. The number of nitrogens with zero attached hydrogens (tertiary/aromatic N) is 2. The van der Waals surface area contributed by atoms with E-state index < -0.39 is 12.2 Å². The largest absolute Gasteiger partial charge is 0.444 e. The van der Waals surface area contributed by atoms with E-state index in [0.717, 1.165) is 6.42 Å². The Morgan fingerprint density at radius 3 is 2.56 bits per heavy atom. The minimum Gasteiger partial charge on any atom is -0.444 e. The molecule has 4 rings (SSSR count). The van der Waals surface area contributed by atoms with Crippen molar-refractivity contribution in [1.82, 2.24) is 4.90 Å². The molecule has 2 bridgehead atoms. The molecule has 138 valence electrons. The number of carbonyl (C=O) groups is 1. The number of alkyl halides is 2. The Bertz CT molecular complexity index is 693. The monoisotopic (exact) mass is 356 g/mol. The lowest BCUT2D eigenvalue weighted by atomic mass is 9.87. The number of carbonyl (C=O) groups excluding carboxylic acids is 1. The van der Waals surface area contributed by atoms with E-state index in [1.54, 1.807) is 11.0 Å². The normalized spacial score (nSPS) is 23.6. The summed E-state index contributed by atoms with van der Waals surface area (Å²) in [6, 6.07) is 4.63. The Labute approximate surface area is 146 Å². The summed E-state index contributed by atoms with van der Waals surface area (Å²) < 4.78 is 42.0. The maximum Gasteiger partial charge on any atom is 0.410 e. The average molecular weight is 356 g/mol. The predicted octanol–water partition coefficient (Wildman–Crippen LogP) is 3.07. The highest BCUT2D eigenvalue weighted by molar-refractivity contribution is 5.71. The lowest BCUT2D eigenvalue weighted by molar-refractivity contribution is -0.0495. The Morgan fingerprint density at radius 2 is 2.00 bits per heavy atom. The van der Waals surface area contributed by atoms with Crippen molar-refractivity contribution in [3.63, 3.8) is 0 Å². The van der Waals surface area contributed by atoms with Gasteiger partial charge in [-0.3, -0.25) is 4.90 Å². The molecule has 0 spiro atoms. The first-order valence-electron chi connectivity index (χ1n) is 8.65. The Kier molecular flexibility index (Phi) is 4.05. The summed E-state index contributed by atoms with van der Waals surface area (Å²) in [5, 5.41) is 0. The highest BCUT2D eigenvalue weighted by Gasteiger charge is 2.48. The molecule has 2 atom stereocenters. The van der Waals surface area contributed by atoms with E-state index in [-0.39, 0.29) is 29.6 Å². The van der Waals surface area contributed by atoms with Crippen LogP contribution in [0.5, 0.6) is 5.75 Å². The van der Waals surface area contributed by atoms with Gasteiger partial charge in [0.2, 0.25) is 0 Å². The number of anilines is 2. The number of fused-ring (bicyclic) bond motifs is 2. The molecule has 0 aromatic heterocycles. The molecule has 3 aliphatic rings. The fourth-order valence-electron chi connectivity index (χ4n) is 3.32. The molecule has 3 saturated heterocycles. The lowest BCUT2D eigenvalue weighted by Crippen LogP contribution is -2.70. The molecule has 0 aliphatic carbocycles. The standard InChI is InChI=1S/C17H23F2N3O3/c1-17(2,3)25-16(23)22-11-6-12(22)9-21(8-11)10-4-5-13(20)14(7-10)24-15(18)19/h4-5,7,11-12,15H,6,8-9,20H2,1-3H3/i15D. The smallest absolute Gasteiger partial charge is 0.410 e. The number of piperazine rings is 1. The Balaban J connectivity index is 1.69. The second-order valence-electron chi connectivity index (χ2n) is 7.39. The molecule has 1 amide bonds. The maximum atomic E-state index is 12.8. The lowest BCUT2D eigenvalue weighted by Gasteiger charge is -2.56. The number of benzene rings is 1. The van der Waals surface area contributed by atoms with E-state index in [2.05, 4.69) is 4.74 Å². The van der Waals surface area contributed by atoms with Crippen LogP contribution in [0, 0.1) is 0 Å². The Hall–Kier alpha value is -2.25.